The van der Waals surface area contributed by atoms with Gasteiger partial charge in [0.05, 0.1) is 0 Å². The van der Waals surface area contributed by atoms with Gasteiger partial charge in [-0.05, 0) is 0 Å². The van der Waals surface area contributed by atoms with Crippen LogP contribution >= 0.6 is 11.8 Å². The maximum Gasteiger partial charge on any atom is 0.321 e. The molecule has 1 aliphatic heterocycles. The molecular formula is C5H9N3O2S. The number of nitrogens with zero attached hydrogens (tertiary/aromatic N) is 2. The van der Waals surface area contributed by atoms with Gasteiger partial charge in [0.2, 0.25) is 0 Å². The zero-order valence-corrected chi connectivity index (χ0v) is 6.62. The normalized spacial score (nSPS) is 18.3. The number of carboxylic acids is 1. The van der Waals surface area contributed by atoms with Crippen LogP contribution in [0.2, 0.25) is 0 Å². The summed E-state index contributed by atoms with van der Waals surface area (Å²) in [6.45, 7) is 0. The summed E-state index contributed by atoms with van der Waals surface area (Å²) in [5, 5.41) is 15.7. The predicted molar refractivity (Wildman–Crippen MR) is 41.6 cm³/mol. The Kier molecular flexibility index (Phi) is 2.84. The third-order valence-electron chi connectivity index (χ3n) is 1.16. The minimum atomic E-state index is -0.956. The Balaban J connectivity index is 1.96. The van der Waals surface area contributed by atoms with Gasteiger partial charge in [0.15, 0.2) is 6.17 Å². The van der Waals surface area contributed by atoms with Crippen LogP contribution in [0.25, 0.3) is 0 Å². The van der Waals surface area contributed by atoms with E-state index in [0.29, 0.717) is 5.75 Å². The molecular weight excluding hydrogens is 166 g/mol. The summed E-state index contributed by atoms with van der Waals surface area (Å²) >= 11 is 1.47. The summed E-state index contributed by atoms with van der Waals surface area (Å²) in [6.07, 6.45) is 0.0981. The van der Waals surface area contributed by atoms with E-state index in [4.69, 9.17) is 10.8 Å². The monoisotopic (exact) mass is 175 g/mol. The Morgan fingerprint density at radius 2 is 2.36 bits per heavy atom. The molecule has 0 saturated heterocycles. The lowest BCUT2D eigenvalue weighted by Crippen LogP contribution is -2.32. The summed E-state index contributed by atoms with van der Waals surface area (Å²) in [4.78, 5) is 10.2. The maximum atomic E-state index is 10.2. The molecule has 0 radical (unpaired) electrons. The molecule has 1 atom stereocenters. The van der Waals surface area contributed by atoms with Crippen molar-refractivity contribution < 1.29 is 9.90 Å². The number of carboxylic acid groups (broad SMARTS) is 1. The minimum absolute atomic E-state index is 0.0981. The van der Waals surface area contributed by atoms with Crippen molar-refractivity contribution in [3.8, 4) is 0 Å². The van der Waals surface area contributed by atoms with E-state index in [9.17, 15) is 4.79 Å². The van der Waals surface area contributed by atoms with E-state index in [-0.39, 0.29) is 6.17 Å². The molecule has 1 heterocycles. The van der Waals surface area contributed by atoms with Crippen molar-refractivity contribution in [2.24, 2.45) is 16.0 Å². The van der Waals surface area contributed by atoms with Gasteiger partial charge in [-0.15, -0.1) is 0 Å². The zero-order chi connectivity index (χ0) is 8.27. The van der Waals surface area contributed by atoms with E-state index < -0.39 is 12.0 Å². The lowest BCUT2D eigenvalue weighted by molar-refractivity contribution is -0.137. The SMILES string of the molecule is NC(CSCC1N=N1)C(=O)O. The molecule has 0 saturated carbocycles. The van der Waals surface area contributed by atoms with Gasteiger partial charge < -0.3 is 10.8 Å². The fourth-order valence-electron chi connectivity index (χ4n) is 0.486. The van der Waals surface area contributed by atoms with Crippen LogP contribution in [0, 0.1) is 0 Å². The highest BCUT2D eigenvalue weighted by Gasteiger charge is 2.17. The first-order chi connectivity index (χ1) is 5.20. The summed E-state index contributed by atoms with van der Waals surface area (Å²) < 4.78 is 0. The Hall–Kier alpha value is -0.620. The highest BCUT2D eigenvalue weighted by molar-refractivity contribution is 7.99. The van der Waals surface area contributed by atoms with Crippen molar-refractivity contribution in [2.75, 3.05) is 11.5 Å². The molecule has 5 nitrogen and oxygen atoms in total. The first-order valence-electron chi connectivity index (χ1n) is 3.16. The van der Waals surface area contributed by atoms with E-state index >= 15 is 0 Å². The van der Waals surface area contributed by atoms with Crippen LogP contribution in [-0.4, -0.2) is 34.8 Å². The lowest BCUT2D eigenvalue weighted by atomic mass is 10.4. The largest absolute Gasteiger partial charge is 0.480 e. The minimum Gasteiger partial charge on any atom is -0.480 e. The molecule has 0 amide bonds. The van der Waals surface area contributed by atoms with Gasteiger partial charge in [-0.3, -0.25) is 4.79 Å². The Morgan fingerprint density at radius 1 is 1.73 bits per heavy atom. The van der Waals surface area contributed by atoms with Gasteiger partial charge in [0, 0.05) is 11.5 Å². The quantitative estimate of drug-likeness (QED) is 0.611. The predicted octanol–water partition coefficient (Wildman–Crippen LogP) is -0.0766. The highest BCUT2D eigenvalue weighted by atomic mass is 32.2. The number of hydrogen-bond donors (Lipinski definition) is 2. The summed E-state index contributed by atoms with van der Waals surface area (Å²) in [7, 11) is 0. The molecule has 0 aromatic heterocycles. The average Bonchev–Trinajstić information content (AvgIpc) is 2.71. The topological polar surface area (TPSA) is 88.0 Å². The molecule has 0 aromatic carbocycles. The van der Waals surface area contributed by atoms with E-state index in [1.807, 2.05) is 0 Å². The molecule has 1 aliphatic rings. The van der Waals surface area contributed by atoms with E-state index in [1.165, 1.54) is 11.8 Å². The van der Waals surface area contributed by atoms with Crippen LogP contribution in [0.1, 0.15) is 0 Å². The second kappa shape index (κ2) is 3.68. The van der Waals surface area contributed by atoms with Crippen LogP contribution in [-0.2, 0) is 4.79 Å². The fourth-order valence-corrected chi connectivity index (χ4v) is 1.36. The summed E-state index contributed by atoms with van der Waals surface area (Å²) in [5.41, 5.74) is 5.24. The van der Waals surface area contributed by atoms with Gasteiger partial charge >= 0.3 is 5.97 Å². The molecule has 1 rings (SSSR count). The van der Waals surface area contributed by atoms with Gasteiger partial charge in [-0.2, -0.15) is 22.0 Å². The number of nitrogens with two attached hydrogens (primary N) is 1. The molecule has 0 aromatic rings. The van der Waals surface area contributed by atoms with Gasteiger partial charge in [-0.25, -0.2) is 0 Å². The van der Waals surface area contributed by atoms with Crippen LogP contribution < -0.4 is 5.73 Å². The van der Waals surface area contributed by atoms with Crippen molar-refractivity contribution in [3.05, 3.63) is 0 Å². The van der Waals surface area contributed by atoms with Crippen LogP contribution in [0.4, 0.5) is 0 Å². The number of carbonyl (C=O) groups is 1. The second-order valence-corrected chi connectivity index (χ2v) is 3.27. The first-order valence-corrected chi connectivity index (χ1v) is 4.31. The summed E-state index contributed by atoms with van der Waals surface area (Å²) in [5.74, 6) is 0.222. The van der Waals surface area contributed by atoms with Crippen LogP contribution in [0.3, 0.4) is 0 Å². The van der Waals surface area contributed by atoms with Crippen molar-refractivity contribution in [2.45, 2.75) is 12.2 Å². The Labute approximate surface area is 68.1 Å². The molecule has 0 fully saturated rings. The average molecular weight is 175 g/mol. The molecule has 0 spiro atoms. The smallest absolute Gasteiger partial charge is 0.321 e. The number of hydrogen-bond acceptors (Lipinski definition) is 5. The van der Waals surface area contributed by atoms with Gasteiger partial charge in [0.1, 0.15) is 6.04 Å². The zero-order valence-electron chi connectivity index (χ0n) is 5.80. The van der Waals surface area contributed by atoms with E-state index in [2.05, 4.69) is 10.2 Å². The third-order valence-corrected chi connectivity index (χ3v) is 2.29. The van der Waals surface area contributed by atoms with Gasteiger partial charge in [-0.1, -0.05) is 0 Å². The van der Waals surface area contributed by atoms with E-state index in [1.54, 1.807) is 0 Å². The van der Waals surface area contributed by atoms with Gasteiger partial charge in [0.25, 0.3) is 0 Å². The molecule has 11 heavy (non-hydrogen) atoms. The van der Waals surface area contributed by atoms with Crippen molar-refractivity contribution >= 4 is 17.7 Å². The highest BCUT2D eigenvalue weighted by Crippen LogP contribution is 2.16. The van der Waals surface area contributed by atoms with Crippen molar-refractivity contribution in [3.63, 3.8) is 0 Å². The number of aliphatic carboxylic acids is 1. The Morgan fingerprint density at radius 3 is 2.82 bits per heavy atom. The molecule has 3 N–H and O–H groups in total. The standard InChI is InChI=1S/C5H9N3O2S/c6-3(5(9)10)1-11-2-4-7-8-4/h3-4H,1-2,6H2,(H,9,10). The van der Waals surface area contributed by atoms with Crippen molar-refractivity contribution in [1.29, 1.82) is 0 Å². The first kappa shape index (κ1) is 8.48. The third kappa shape index (κ3) is 3.33. The molecule has 0 bridgehead atoms. The molecule has 6 heteroatoms. The number of thioether (sulfide) groups is 1. The molecule has 1 unspecified atom stereocenters. The fraction of sp³-hybridized carbons (Fsp3) is 0.800. The van der Waals surface area contributed by atoms with Crippen LogP contribution in [0.15, 0.2) is 10.2 Å². The summed E-state index contributed by atoms with van der Waals surface area (Å²) in [6, 6.07) is -0.765. The Bertz CT molecular complexity index is 179. The number of rotatable bonds is 5. The van der Waals surface area contributed by atoms with Crippen molar-refractivity contribution in [1.82, 2.24) is 0 Å². The lowest BCUT2D eigenvalue weighted by Gasteiger charge is -2.03. The maximum absolute atomic E-state index is 10.2. The second-order valence-electron chi connectivity index (χ2n) is 2.19. The van der Waals surface area contributed by atoms with E-state index in [0.717, 1.165) is 5.75 Å². The molecule has 62 valence electrons. The van der Waals surface area contributed by atoms with Crippen LogP contribution in [0.5, 0.6) is 0 Å². The molecule has 0 aliphatic carbocycles.